The zero-order chi connectivity index (χ0) is 19.7. The Morgan fingerprint density at radius 2 is 1.78 bits per heavy atom. The second kappa shape index (κ2) is 9.97. The quantitative estimate of drug-likeness (QED) is 0.261. The van der Waals surface area contributed by atoms with Gasteiger partial charge in [0.2, 0.25) is 8.32 Å². The van der Waals surface area contributed by atoms with Gasteiger partial charge in [0.05, 0.1) is 13.7 Å². The lowest BCUT2D eigenvalue weighted by molar-refractivity contribution is -0.137. The number of hydrogen-bond acceptors (Lipinski definition) is 4. The van der Waals surface area contributed by atoms with Crippen LogP contribution < -0.4 is 9.16 Å². The van der Waals surface area contributed by atoms with Gasteiger partial charge in [0.1, 0.15) is 5.75 Å². The van der Waals surface area contributed by atoms with Gasteiger partial charge in [-0.3, -0.25) is 0 Å². The molecule has 2 rings (SSSR count). The molecular formula is C22H28O4Si. The molecule has 0 spiro atoms. The molecule has 0 fully saturated rings. The van der Waals surface area contributed by atoms with E-state index >= 15 is 0 Å². The van der Waals surface area contributed by atoms with Crippen molar-refractivity contribution in [2.75, 3.05) is 13.7 Å². The SMILES string of the molecule is COc1ccc(/C=C/C(=O)OCCCc2ccccc2)cc1O[Si](C)(C)C. The van der Waals surface area contributed by atoms with E-state index < -0.39 is 8.32 Å². The van der Waals surface area contributed by atoms with Crippen molar-refractivity contribution in [1.29, 1.82) is 0 Å². The molecular weight excluding hydrogens is 356 g/mol. The van der Waals surface area contributed by atoms with Gasteiger partial charge in [-0.05, 0) is 61.8 Å². The largest absolute Gasteiger partial charge is 0.542 e. The number of benzene rings is 2. The fourth-order valence-corrected chi connectivity index (χ4v) is 3.33. The molecule has 0 aromatic heterocycles. The molecule has 0 atom stereocenters. The van der Waals surface area contributed by atoms with E-state index in [0.717, 1.165) is 18.4 Å². The Bertz CT molecular complexity index is 764. The van der Waals surface area contributed by atoms with Crippen LogP contribution in [0.1, 0.15) is 17.5 Å². The predicted octanol–water partition coefficient (Wildman–Crippen LogP) is 5.10. The second-order valence-electron chi connectivity index (χ2n) is 7.21. The average molecular weight is 385 g/mol. The summed E-state index contributed by atoms with van der Waals surface area (Å²) in [6, 6.07) is 15.8. The van der Waals surface area contributed by atoms with Gasteiger partial charge in [0, 0.05) is 6.08 Å². The minimum Gasteiger partial charge on any atom is -0.542 e. The molecule has 0 radical (unpaired) electrons. The van der Waals surface area contributed by atoms with E-state index in [1.807, 2.05) is 36.4 Å². The summed E-state index contributed by atoms with van der Waals surface area (Å²) in [5.41, 5.74) is 2.11. The van der Waals surface area contributed by atoms with Gasteiger partial charge in [-0.15, -0.1) is 0 Å². The van der Waals surface area contributed by atoms with E-state index in [4.69, 9.17) is 13.9 Å². The first kappa shape index (κ1) is 20.8. The van der Waals surface area contributed by atoms with Crippen molar-refractivity contribution >= 4 is 20.4 Å². The highest BCUT2D eigenvalue weighted by Crippen LogP contribution is 2.30. The van der Waals surface area contributed by atoms with E-state index in [1.165, 1.54) is 11.6 Å². The van der Waals surface area contributed by atoms with Gasteiger partial charge in [-0.1, -0.05) is 36.4 Å². The van der Waals surface area contributed by atoms with Crippen LogP contribution in [-0.2, 0) is 16.0 Å². The second-order valence-corrected chi connectivity index (χ2v) is 11.6. The minimum atomic E-state index is -1.76. The number of carbonyl (C=O) groups is 1. The maximum atomic E-state index is 11.9. The molecule has 0 N–H and O–H groups in total. The average Bonchev–Trinajstić information content (AvgIpc) is 2.63. The summed E-state index contributed by atoms with van der Waals surface area (Å²) >= 11 is 0. The zero-order valence-electron chi connectivity index (χ0n) is 16.5. The number of aryl methyl sites for hydroxylation is 1. The third kappa shape index (κ3) is 7.70. The van der Waals surface area contributed by atoms with E-state index in [9.17, 15) is 4.79 Å². The lowest BCUT2D eigenvalue weighted by Crippen LogP contribution is -2.29. The molecule has 144 valence electrons. The molecule has 0 aliphatic rings. The van der Waals surface area contributed by atoms with E-state index in [2.05, 4.69) is 31.8 Å². The molecule has 4 nitrogen and oxygen atoms in total. The zero-order valence-corrected chi connectivity index (χ0v) is 17.5. The fourth-order valence-electron chi connectivity index (χ4n) is 2.51. The van der Waals surface area contributed by atoms with E-state index in [0.29, 0.717) is 18.1 Å². The number of esters is 1. The van der Waals surface area contributed by atoms with Crippen molar-refractivity contribution in [3.8, 4) is 11.5 Å². The summed E-state index contributed by atoms with van der Waals surface area (Å²) in [6.45, 7) is 6.75. The molecule has 0 saturated heterocycles. The monoisotopic (exact) mass is 384 g/mol. The van der Waals surface area contributed by atoms with Crippen molar-refractivity contribution < 1.29 is 18.7 Å². The van der Waals surface area contributed by atoms with Crippen molar-refractivity contribution in [2.45, 2.75) is 32.5 Å². The number of methoxy groups -OCH3 is 1. The first-order valence-corrected chi connectivity index (χ1v) is 12.5. The Morgan fingerprint density at radius 3 is 2.44 bits per heavy atom. The Morgan fingerprint density at radius 1 is 1.04 bits per heavy atom. The molecule has 0 saturated carbocycles. The molecule has 0 heterocycles. The van der Waals surface area contributed by atoms with Crippen LogP contribution in [0.2, 0.25) is 19.6 Å². The maximum absolute atomic E-state index is 11.9. The molecule has 27 heavy (non-hydrogen) atoms. The molecule has 0 amide bonds. The van der Waals surface area contributed by atoms with Crippen LogP contribution in [-0.4, -0.2) is 28.0 Å². The van der Waals surface area contributed by atoms with Gasteiger partial charge < -0.3 is 13.9 Å². The summed E-state index contributed by atoms with van der Waals surface area (Å²) in [5, 5.41) is 0. The van der Waals surface area contributed by atoms with Crippen LogP contribution in [0.15, 0.2) is 54.6 Å². The highest BCUT2D eigenvalue weighted by Gasteiger charge is 2.18. The van der Waals surface area contributed by atoms with Gasteiger partial charge in [0.15, 0.2) is 5.75 Å². The topological polar surface area (TPSA) is 44.8 Å². The first-order chi connectivity index (χ1) is 12.9. The highest BCUT2D eigenvalue weighted by atomic mass is 28.4. The molecule has 2 aromatic carbocycles. The number of hydrogen-bond donors (Lipinski definition) is 0. The Labute approximate surface area is 162 Å². The number of carbonyl (C=O) groups excluding carboxylic acids is 1. The molecule has 0 bridgehead atoms. The molecule has 2 aromatic rings. The van der Waals surface area contributed by atoms with Crippen LogP contribution in [0, 0.1) is 0 Å². The smallest absolute Gasteiger partial charge is 0.330 e. The van der Waals surface area contributed by atoms with E-state index in [-0.39, 0.29) is 5.97 Å². The van der Waals surface area contributed by atoms with Crippen molar-refractivity contribution in [1.82, 2.24) is 0 Å². The van der Waals surface area contributed by atoms with Crippen LogP contribution in [0.4, 0.5) is 0 Å². The van der Waals surface area contributed by atoms with Gasteiger partial charge >= 0.3 is 5.97 Å². The van der Waals surface area contributed by atoms with Crippen LogP contribution in [0.3, 0.4) is 0 Å². The third-order valence-electron chi connectivity index (χ3n) is 3.71. The molecule has 5 heteroatoms. The highest BCUT2D eigenvalue weighted by molar-refractivity contribution is 6.70. The van der Waals surface area contributed by atoms with Crippen LogP contribution >= 0.6 is 0 Å². The normalized spacial score (nSPS) is 11.4. The Balaban J connectivity index is 1.86. The van der Waals surface area contributed by atoms with E-state index in [1.54, 1.807) is 13.2 Å². The maximum Gasteiger partial charge on any atom is 0.330 e. The summed E-state index contributed by atoms with van der Waals surface area (Å²) in [7, 11) is -0.139. The number of ether oxygens (including phenoxy) is 2. The molecule has 0 aliphatic carbocycles. The standard InChI is InChI=1S/C22H28O4Si/c1-24-20-14-12-19(17-21(20)26-27(2,3)4)13-15-22(23)25-16-8-11-18-9-6-5-7-10-18/h5-7,9-10,12-15,17H,8,11,16H2,1-4H3/b15-13+. The minimum absolute atomic E-state index is 0.341. The van der Waals surface area contributed by atoms with Gasteiger partial charge in [-0.2, -0.15) is 0 Å². The van der Waals surface area contributed by atoms with Crippen molar-refractivity contribution in [3.05, 3.63) is 65.7 Å². The third-order valence-corrected chi connectivity index (χ3v) is 4.54. The van der Waals surface area contributed by atoms with Crippen LogP contribution in [0.5, 0.6) is 11.5 Å². The fraction of sp³-hybridized carbons (Fsp3) is 0.318. The molecule has 0 aliphatic heterocycles. The lowest BCUT2D eigenvalue weighted by Gasteiger charge is -2.21. The first-order valence-electron chi connectivity index (χ1n) is 9.13. The van der Waals surface area contributed by atoms with Gasteiger partial charge in [-0.25, -0.2) is 4.79 Å². The number of rotatable bonds is 9. The summed E-state index contributed by atoms with van der Waals surface area (Å²) in [6.07, 6.45) is 4.88. The summed E-state index contributed by atoms with van der Waals surface area (Å²) < 4.78 is 16.7. The van der Waals surface area contributed by atoms with Gasteiger partial charge in [0.25, 0.3) is 0 Å². The Kier molecular flexibility index (Phi) is 7.67. The summed E-state index contributed by atoms with van der Waals surface area (Å²) in [4.78, 5) is 11.9. The summed E-state index contributed by atoms with van der Waals surface area (Å²) in [5.74, 6) is 1.06. The lowest BCUT2D eigenvalue weighted by atomic mass is 10.1. The Hall–Kier alpha value is -2.53. The predicted molar refractivity (Wildman–Crippen MR) is 112 cm³/mol. The van der Waals surface area contributed by atoms with Crippen molar-refractivity contribution in [2.24, 2.45) is 0 Å². The van der Waals surface area contributed by atoms with Crippen LogP contribution in [0.25, 0.3) is 6.08 Å². The van der Waals surface area contributed by atoms with Crippen molar-refractivity contribution in [3.63, 3.8) is 0 Å². The molecule has 0 unspecified atom stereocenters.